The fourth-order valence-electron chi connectivity index (χ4n) is 4.29. The van der Waals surface area contributed by atoms with Gasteiger partial charge in [-0.1, -0.05) is 71.9 Å². The van der Waals surface area contributed by atoms with Gasteiger partial charge in [-0.25, -0.2) is 13.1 Å². The number of aryl methyl sites for hydroxylation is 1. The largest absolute Gasteiger partial charge is 0.396 e. The van der Waals surface area contributed by atoms with Crippen molar-refractivity contribution in [2.75, 3.05) is 6.61 Å². The summed E-state index contributed by atoms with van der Waals surface area (Å²) < 4.78 is 29.9. The van der Waals surface area contributed by atoms with Gasteiger partial charge in [0.2, 0.25) is 10.0 Å². The predicted molar refractivity (Wildman–Crippen MR) is 127 cm³/mol. The topological polar surface area (TPSA) is 66.4 Å². The maximum atomic E-state index is 13.4. The molecule has 4 nitrogen and oxygen atoms in total. The summed E-state index contributed by atoms with van der Waals surface area (Å²) >= 11 is 0. The van der Waals surface area contributed by atoms with Crippen molar-refractivity contribution < 1.29 is 13.5 Å². The average molecular weight is 444 g/mol. The fourth-order valence-corrected chi connectivity index (χ4v) is 5.93. The minimum Gasteiger partial charge on any atom is -0.396 e. The van der Waals surface area contributed by atoms with Gasteiger partial charge in [0, 0.05) is 12.6 Å². The van der Waals surface area contributed by atoms with Gasteiger partial charge in [-0.15, -0.1) is 0 Å². The first-order valence-electron chi connectivity index (χ1n) is 11.2. The van der Waals surface area contributed by atoms with E-state index in [1.54, 1.807) is 6.07 Å². The Kier molecular flexibility index (Phi) is 6.71. The van der Waals surface area contributed by atoms with Crippen LogP contribution in [0.3, 0.4) is 0 Å². The van der Waals surface area contributed by atoms with Crippen LogP contribution in [0.15, 0.2) is 41.3 Å². The first kappa shape index (κ1) is 24.0. The van der Waals surface area contributed by atoms with Crippen LogP contribution in [0, 0.1) is 0 Å². The summed E-state index contributed by atoms with van der Waals surface area (Å²) in [5.41, 5.74) is 5.28. The molecule has 2 aromatic rings. The molecule has 0 spiro atoms. The highest BCUT2D eigenvalue weighted by Crippen LogP contribution is 2.34. The SMILES string of the molecule is CC(C)(C)c1ccc(S(=O)(=O)NC2Cc3ccc(CCCO)cc3C2)c(C(C)(C)C)c1. The van der Waals surface area contributed by atoms with Crippen molar-refractivity contribution in [2.45, 2.75) is 89.0 Å². The lowest BCUT2D eigenvalue weighted by atomic mass is 9.81. The molecule has 0 saturated carbocycles. The second-order valence-corrected chi connectivity index (χ2v) is 12.6. The van der Waals surface area contributed by atoms with Gasteiger partial charge in [-0.3, -0.25) is 0 Å². The third-order valence-electron chi connectivity index (χ3n) is 6.09. The first-order valence-corrected chi connectivity index (χ1v) is 12.7. The Balaban J connectivity index is 1.86. The fraction of sp³-hybridized carbons (Fsp3) is 0.538. The molecule has 0 bridgehead atoms. The van der Waals surface area contributed by atoms with Crippen LogP contribution in [0.5, 0.6) is 0 Å². The monoisotopic (exact) mass is 443 g/mol. The number of sulfonamides is 1. The maximum absolute atomic E-state index is 13.4. The highest BCUT2D eigenvalue weighted by atomic mass is 32.2. The summed E-state index contributed by atoms with van der Waals surface area (Å²) in [6.07, 6.45) is 3.00. The van der Waals surface area contributed by atoms with Crippen molar-refractivity contribution >= 4 is 10.0 Å². The minimum atomic E-state index is -3.64. The predicted octanol–water partition coefficient (Wildman–Crippen LogP) is 4.65. The van der Waals surface area contributed by atoms with Crippen molar-refractivity contribution in [1.29, 1.82) is 0 Å². The van der Waals surface area contributed by atoms with E-state index in [1.165, 1.54) is 16.7 Å². The van der Waals surface area contributed by atoms with Gasteiger partial charge in [0.05, 0.1) is 4.90 Å². The van der Waals surface area contributed by atoms with E-state index in [0.29, 0.717) is 17.7 Å². The quantitative estimate of drug-likeness (QED) is 0.683. The van der Waals surface area contributed by atoms with E-state index in [4.69, 9.17) is 5.11 Å². The number of aliphatic hydroxyl groups excluding tert-OH is 1. The molecule has 2 N–H and O–H groups in total. The Morgan fingerprint density at radius 1 is 0.935 bits per heavy atom. The molecule has 3 rings (SSSR count). The van der Waals surface area contributed by atoms with E-state index in [0.717, 1.165) is 24.0 Å². The summed E-state index contributed by atoms with van der Waals surface area (Å²) in [5, 5.41) is 9.06. The van der Waals surface area contributed by atoms with Crippen LogP contribution in [-0.2, 0) is 40.1 Å². The molecule has 2 aromatic carbocycles. The molecule has 31 heavy (non-hydrogen) atoms. The Morgan fingerprint density at radius 2 is 1.61 bits per heavy atom. The zero-order valence-electron chi connectivity index (χ0n) is 19.7. The lowest BCUT2D eigenvalue weighted by molar-refractivity contribution is 0.288. The van der Waals surface area contributed by atoms with Gasteiger partial charge in [0.15, 0.2) is 0 Å². The Bertz CT molecular complexity index is 1040. The number of aliphatic hydroxyl groups is 1. The number of hydrogen-bond acceptors (Lipinski definition) is 3. The summed E-state index contributed by atoms with van der Waals surface area (Å²) in [5.74, 6) is 0. The lowest BCUT2D eigenvalue weighted by Crippen LogP contribution is -2.36. The minimum absolute atomic E-state index is 0.0451. The van der Waals surface area contributed by atoms with E-state index < -0.39 is 10.0 Å². The van der Waals surface area contributed by atoms with Gasteiger partial charge >= 0.3 is 0 Å². The van der Waals surface area contributed by atoms with Gasteiger partial charge < -0.3 is 5.11 Å². The Hall–Kier alpha value is -1.69. The molecule has 0 amide bonds. The van der Waals surface area contributed by atoms with Crippen LogP contribution in [-0.4, -0.2) is 26.2 Å². The van der Waals surface area contributed by atoms with Crippen LogP contribution in [0.2, 0.25) is 0 Å². The summed E-state index contributed by atoms with van der Waals surface area (Å²) in [7, 11) is -3.64. The molecule has 0 saturated heterocycles. The van der Waals surface area contributed by atoms with Crippen LogP contribution in [0.25, 0.3) is 0 Å². The van der Waals surface area contributed by atoms with Crippen molar-refractivity contribution in [2.24, 2.45) is 0 Å². The van der Waals surface area contributed by atoms with Gasteiger partial charge in [-0.2, -0.15) is 0 Å². The van der Waals surface area contributed by atoms with E-state index >= 15 is 0 Å². The Labute approximate surface area is 188 Å². The summed E-state index contributed by atoms with van der Waals surface area (Å²) in [6, 6.07) is 12.0. The molecule has 0 aromatic heterocycles. The van der Waals surface area contributed by atoms with Gasteiger partial charge in [-0.05, 0) is 70.4 Å². The third-order valence-corrected chi connectivity index (χ3v) is 7.67. The molecule has 0 radical (unpaired) electrons. The van der Waals surface area contributed by atoms with Crippen molar-refractivity contribution in [1.82, 2.24) is 4.72 Å². The number of benzene rings is 2. The molecular formula is C26H37NO3S. The molecule has 1 aliphatic carbocycles. The molecule has 1 aliphatic rings. The molecule has 0 aliphatic heterocycles. The second kappa shape index (κ2) is 8.68. The average Bonchev–Trinajstić information content (AvgIpc) is 3.05. The van der Waals surface area contributed by atoms with Gasteiger partial charge in [0.25, 0.3) is 0 Å². The second-order valence-electron chi connectivity index (χ2n) is 10.9. The van der Waals surface area contributed by atoms with Crippen molar-refractivity contribution in [3.8, 4) is 0 Å². The molecule has 5 heteroatoms. The van der Waals surface area contributed by atoms with Crippen LogP contribution < -0.4 is 4.72 Å². The molecular weight excluding hydrogens is 406 g/mol. The number of nitrogens with one attached hydrogen (secondary N) is 1. The van der Waals surface area contributed by atoms with E-state index in [-0.39, 0.29) is 23.5 Å². The van der Waals surface area contributed by atoms with E-state index in [2.05, 4.69) is 70.5 Å². The smallest absolute Gasteiger partial charge is 0.241 e. The maximum Gasteiger partial charge on any atom is 0.241 e. The molecule has 1 atom stereocenters. The lowest BCUT2D eigenvalue weighted by Gasteiger charge is -2.27. The normalized spacial score (nSPS) is 17.1. The highest BCUT2D eigenvalue weighted by molar-refractivity contribution is 7.89. The molecule has 1 unspecified atom stereocenters. The number of fused-ring (bicyclic) bond motifs is 1. The Morgan fingerprint density at radius 3 is 2.23 bits per heavy atom. The van der Waals surface area contributed by atoms with E-state index in [1.807, 2.05) is 6.07 Å². The number of rotatable bonds is 6. The zero-order chi connectivity index (χ0) is 23.0. The van der Waals surface area contributed by atoms with E-state index in [9.17, 15) is 8.42 Å². The summed E-state index contributed by atoms with van der Waals surface area (Å²) in [4.78, 5) is 0.382. The van der Waals surface area contributed by atoms with Gasteiger partial charge in [0.1, 0.15) is 0 Å². The molecule has 0 fully saturated rings. The standard InChI is InChI=1S/C26H37NO3S/c1-25(2,3)21-11-12-24(23(17-21)26(4,5)6)31(29,30)27-22-15-19-10-9-18(8-7-13-28)14-20(19)16-22/h9-12,14,17,22,27-28H,7-8,13,15-16H2,1-6H3. The van der Waals surface area contributed by atoms with Crippen LogP contribution in [0.4, 0.5) is 0 Å². The summed E-state index contributed by atoms with van der Waals surface area (Å²) in [6.45, 7) is 12.8. The van der Waals surface area contributed by atoms with Crippen LogP contribution in [0.1, 0.15) is 75.8 Å². The first-order chi connectivity index (χ1) is 14.3. The van der Waals surface area contributed by atoms with Crippen molar-refractivity contribution in [3.05, 3.63) is 64.2 Å². The van der Waals surface area contributed by atoms with Crippen molar-refractivity contribution in [3.63, 3.8) is 0 Å². The zero-order valence-corrected chi connectivity index (χ0v) is 20.6. The molecule has 170 valence electrons. The molecule has 0 heterocycles. The number of hydrogen-bond donors (Lipinski definition) is 2. The third kappa shape index (κ3) is 5.57. The van der Waals surface area contributed by atoms with Crippen LogP contribution >= 0.6 is 0 Å². The highest BCUT2D eigenvalue weighted by Gasteiger charge is 2.31.